The molecule has 1 aromatic heterocycles. The van der Waals surface area contributed by atoms with Gasteiger partial charge in [-0.25, -0.2) is 0 Å². The number of halogens is 1. The normalized spacial score (nSPS) is 22.0. The molecule has 0 amide bonds. The third kappa shape index (κ3) is 4.65. The van der Waals surface area contributed by atoms with Crippen LogP contribution in [0.4, 0.5) is 0 Å². The van der Waals surface area contributed by atoms with Gasteiger partial charge in [0.1, 0.15) is 0 Å². The van der Waals surface area contributed by atoms with Gasteiger partial charge in [-0.2, -0.15) is 0 Å². The van der Waals surface area contributed by atoms with Gasteiger partial charge in [-0.1, -0.05) is 6.92 Å². The van der Waals surface area contributed by atoms with Gasteiger partial charge < -0.3 is 10.1 Å². The number of rotatable bonds is 6. The number of thiophene rings is 1. The van der Waals surface area contributed by atoms with Crippen molar-refractivity contribution in [2.24, 2.45) is 0 Å². The van der Waals surface area contributed by atoms with Crippen LogP contribution in [0.15, 0.2) is 15.9 Å². The fraction of sp³-hybridized carbons (Fsp3) is 0.714. The Hall–Kier alpha value is 0.1000. The minimum Gasteiger partial charge on any atom is -0.378 e. The predicted octanol–water partition coefficient (Wildman–Crippen LogP) is 3.99. The molecule has 1 N–H and O–H groups in total. The van der Waals surface area contributed by atoms with Gasteiger partial charge in [0.15, 0.2) is 0 Å². The smallest absolute Gasteiger partial charge is 0.0701 e. The standard InChI is InChI=1S/C14H22BrNOS/c1-2-16-11(9-12-5-3-4-8-17-12)10-13-6-7-14(15)18-13/h6-7,11-12,16H,2-5,8-10H2,1H3. The molecule has 0 aromatic carbocycles. The highest BCUT2D eigenvalue weighted by Crippen LogP contribution is 2.25. The van der Waals surface area contributed by atoms with E-state index in [0.29, 0.717) is 12.1 Å². The fourth-order valence-corrected chi connectivity index (χ4v) is 4.11. The molecule has 102 valence electrons. The molecule has 4 heteroatoms. The second kappa shape index (κ2) is 7.63. The molecule has 2 unspecified atom stereocenters. The van der Waals surface area contributed by atoms with Gasteiger partial charge in [0.05, 0.1) is 9.89 Å². The maximum absolute atomic E-state index is 5.85. The van der Waals surface area contributed by atoms with Crippen LogP contribution in [-0.4, -0.2) is 25.3 Å². The lowest BCUT2D eigenvalue weighted by atomic mass is 9.99. The molecule has 1 aliphatic rings. The highest BCUT2D eigenvalue weighted by molar-refractivity contribution is 9.11. The summed E-state index contributed by atoms with van der Waals surface area (Å²) >= 11 is 5.37. The third-order valence-corrected chi connectivity index (χ3v) is 5.04. The Morgan fingerprint density at radius 3 is 3.00 bits per heavy atom. The van der Waals surface area contributed by atoms with Crippen molar-refractivity contribution in [3.8, 4) is 0 Å². The lowest BCUT2D eigenvalue weighted by molar-refractivity contribution is 0.00539. The molecule has 0 bridgehead atoms. The molecule has 0 spiro atoms. The number of nitrogens with one attached hydrogen (secondary N) is 1. The Bertz CT molecular complexity index is 349. The summed E-state index contributed by atoms with van der Waals surface area (Å²) in [5.41, 5.74) is 0. The van der Waals surface area contributed by atoms with E-state index in [4.69, 9.17) is 4.74 Å². The minimum absolute atomic E-state index is 0.464. The average molecular weight is 332 g/mol. The van der Waals surface area contributed by atoms with Crippen LogP contribution in [0, 0.1) is 0 Å². The van der Waals surface area contributed by atoms with E-state index in [0.717, 1.165) is 26.0 Å². The summed E-state index contributed by atoms with van der Waals surface area (Å²) in [4.78, 5) is 1.45. The van der Waals surface area contributed by atoms with Crippen molar-refractivity contribution in [2.45, 2.75) is 51.2 Å². The van der Waals surface area contributed by atoms with Gasteiger partial charge in [0.25, 0.3) is 0 Å². The van der Waals surface area contributed by atoms with Gasteiger partial charge in [0, 0.05) is 17.5 Å². The van der Waals surface area contributed by atoms with Crippen LogP contribution in [-0.2, 0) is 11.2 Å². The third-order valence-electron chi connectivity index (χ3n) is 3.39. The molecule has 0 radical (unpaired) electrons. The molecule has 2 rings (SSSR count). The van der Waals surface area contributed by atoms with Gasteiger partial charge in [0.2, 0.25) is 0 Å². The molecule has 18 heavy (non-hydrogen) atoms. The molecule has 2 nitrogen and oxygen atoms in total. The fourth-order valence-electron chi connectivity index (χ4n) is 2.54. The van der Waals surface area contributed by atoms with Crippen LogP contribution >= 0.6 is 27.3 Å². The van der Waals surface area contributed by atoms with E-state index in [1.54, 1.807) is 0 Å². The quantitative estimate of drug-likeness (QED) is 0.850. The Morgan fingerprint density at radius 2 is 2.39 bits per heavy atom. The van der Waals surface area contributed by atoms with E-state index < -0.39 is 0 Å². The lowest BCUT2D eigenvalue weighted by Gasteiger charge is -2.27. The maximum atomic E-state index is 5.85. The summed E-state index contributed by atoms with van der Waals surface area (Å²) < 4.78 is 7.08. The SMILES string of the molecule is CCNC(Cc1ccc(Br)s1)CC1CCCCO1. The number of ether oxygens (including phenoxy) is 1. The van der Waals surface area contributed by atoms with Crippen LogP contribution in [0.25, 0.3) is 0 Å². The molecule has 1 aliphatic heterocycles. The topological polar surface area (TPSA) is 21.3 Å². The summed E-state index contributed by atoms with van der Waals surface area (Å²) in [6.07, 6.45) is 6.52. The van der Waals surface area contributed by atoms with Gasteiger partial charge in [-0.05, 0) is 66.7 Å². The molecule has 1 saturated heterocycles. The van der Waals surface area contributed by atoms with Crippen molar-refractivity contribution < 1.29 is 4.74 Å². The number of hydrogen-bond acceptors (Lipinski definition) is 3. The van der Waals surface area contributed by atoms with Crippen molar-refractivity contribution in [3.05, 3.63) is 20.8 Å². The first-order chi connectivity index (χ1) is 8.78. The summed E-state index contributed by atoms with van der Waals surface area (Å²) in [7, 11) is 0. The van der Waals surface area contributed by atoms with Crippen LogP contribution in [0.5, 0.6) is 0 Å². The second-order valence-electron chi connectivity index (χ2n) is 4.89. The largest absolute Gasteiger partial charge is 0.378 e. The first-order valence-corrected chi connectivity index (χ1v) is 8.48. The van der Waals surface area contributed by atoms with E-state index in [9.17, 15) is 0 Å². The second-order valence-corrected chi connectivity index (χ2v) is 7.44. The maximum Gasteiger partial charge on any atom is 0.0701 e. The van der Waals surface area contributed by atoms with E-state index >= 15 is 0 Å². The molecular formula is C14H22BrNOS. The Balaban J connectivity index is 1.86. The minimum atomic E-state index is 0.464. The molecule has 0 aliphatic carbocycles. The van der Waals surface area contributed by atoms with Crippen molar-refractivity contribution >= 4 is 27.3 Å². The zero-order valence-corrected chi connectivity index (χ0v) is 13.4. The van der Waals surface area contributed by atoms with E-state index in [1.165, 1.54) is 27.9 Å². The summed E-state index contributed by atoms with van der Waals surface area (Å²) in [5, 5.41) is 3.60. The number of hydrogen-bond donors (Lipinski definition) is 1. The molecule has 0 saturated carbocycles. The monoisotopic (exact) mass is 331 g/mol. The molecule has 2 atom stereocenters. The number of likely N-dealkylation sites (N-methyl/N-ethyl adjacent to an activating group) is 1. The first-order valence-electron chi connectivity index (χ1n) is 6.87. The Labute approximate surface area is 122 Å². The average Bonchev–Trinajstić information content (AvgIpc) is 2.76. The zero-order chi connectivity index (χ0) is 12.8. The van der Waals surface area contributed by atoms with Crippen LogP contribution in [0.3, 0.4) is 0 Å². The Morgan fingerprint density at radius 1 is 1.50 bits per heavy atom. The zero-order valence-electron chi connectivity index (χ0n) is 11.0. The molecule has 1 aromatic rings. The van der Waals surface area contributed by atoms with E-state index in [2.05, 4.69) is 40.3 Å². The molecular weight excluding hydrogens is 310 g/mol. The first kappa shape index (κ1) is 14.5. The summed E-state index contributed by atoms with van der Waals surface area (Å²) in [6.45, 7) is 4.16. The highest BCUT2D eigenvalue weighted by Gasteiger charge is 2.19. The summed E-state index contributed by atoms with van der Waals surface area (Å²) in [6, 6.07) is 4.91. The highest BCUT2D eigenvalue weighted by atomic mass is 79.9. The van der Waals surface area contributed by atoms with Crippen molar-refractivity contribution in [1.82, 2.24) is 5.32 Å². The lowest BCUT2D eigenvalue weighted by Crippen LogP contribution is -2.36. The van der Waals surface area contributed by atoms with Crippen molar-refractivity contribution in [3.63, 3.8) is 0 Å². The van der Waals surface area contributed by atoms with E-state index in [1.807, 2.05) is 11.3 Å². The molecule has 1 fully saturated rings. The summed E-state index contributed by atoms with van der Waals surface area (Å²) in [5.74, 6) is 0. The van der Waals surface area contributed by atoms with Crippen LogP contribution < -0.4 is 5.32 Å². The van der Waals surface area contributed by atoms with Crippen molar-refractivity contribution in [1.29, 1.82) is 0 Å². The van der Waals surface area contributed by atoms with Crippen molar-refractivity contribution in [2.75, 3.05) is 13.2 Å². The van der Waals surface area contributed by atoms with Gasteiger partial charge in [-0.3, -0.25) is 0 Å². The van der Waals surface area contributed by atoms with Gasteiger partial charge in [-0.15, -0.1) is 11.3 Å². The van der Waals surface area contributed by atoms with E-state index in [-0.39, 0.29) is 0 Å². The predicted molar refractivity (Wildman–Crippen MR) is 81.4 cm³/mol. The van der Waals surface area contributed by atoms with Crippen LogP contribution in [0.1, 0.15) is 37.5 Å². The Kier molecular flexibility index (Phi) is 6.15. The molecule has 2 heterocycles. The van der Waals surface area contributed by atoms with Crippen LogP contribution in [0.2, 0.25) is 0 Å². The van der Waals surface area contributed by atoms with Gasteiger partial charge >= 0.3 is 0 Å².